The molecule has 0 spiro atoms. The Hall–Kier alpha value is -1.72. The van der Waals surface area contributed by atoms with E-state index in [9.17, 15) is 4.79 Å². The minimum Gasteiger partial charge on any atom is -0.396 e. The van der Waals surface area contributed by atoms with Crippen molar-refractivity contribution >= 4 is 17.2 Å². The standard InChI is InChI=1S/C14H16N2O2S/c1-10-9-19-14(16-10)13(18)15-8-12-4-2-11(3-5-12)6-7-17/h2-5,9,17H,6-8H2,1H3,(H,15,18). The first-order valence-corrected chi connectivity index (χ1v) is 6.96. The molecule has 1 aromatic heterocycles. The Morgan fingerprint density at radius 1 is 1.32 bits per heavy atom. The summed E-state index contributed by atoms with van der Waals surface area (Å²) in [7, 11) is 0. The largest absolute Gasteiger partial charge is 0.396 e. The van der Waals surface area contributed by atoms with Crippen LogP contribution in [0.3, 0.4) is 0 Å². The average molecular weight is 276 g/mol. The van der Waals surface area contributed by atoms with Crippen molar-refractivity contribution < 1.29 is 9.90 Å². The summed E-state index contributed by atoms with van der Waals surface area (Å²) in [4.78, 5) is 15.9. The van der Waals surface area contributed by atoms with Crippen molar-refractivity contribution in [1.82, 2.24) is 10.3 Å². The molecule has 2 aromatic rings. The van der Waals surface area contributed by atoms with Crippen LogP contribution in [0.1, 0.15) is 26.6 Å². The first-order chi connectivity index (χ1) is 9.19. The summed E-state index contributed by atoms with van der Waals surface area (Å²) in [6.45, 7) is 2.50. The minimum atomic E-state index is -0.141. The van der Waals surface area contributed by atoms with Crippen molar-refractivity contribution in [1.29, 1.82) is 0 Å². The molecule has 1 aromatic carbocycles. The van der Waals surface area contributed by atoms with Gasteiger partial charge in [0.25, 0.3) is 5.91 Å². The third kappa shape index (κ3) is 3.87. The van der Waals surface area contributed by atoms with Gasteiger partial charge in [0.15, 0.2) is 5.01 Å². The topological polar surface area (TPSA) is 62.2 Å². The molecule has 19 heavy (non-hydrogen) atoms. The number of aliphatic hydroxyl groups is 1. The van der Waals surface area contributed by atoms with Gasteiger partial charge in [-0.3, -0.25) is 4.79 Å². The number of hydrogen-bond donors (Lipinski definition) is 2. The second kappa shape index (κ2) is 6.45. The number of aryl methyl sites for hydroxylation is 1. The molecule has 0 aliphatic heterocycles. The third-order valence-corrected chi connectivity index (χ3v) is 3.65. The van der Waals surface area contributed by atoms with Gasteiger partial charge in [-0.1, -0.05) is 24.3 Å². The van der Waals surface area contributed by atoms with Gasteiger partial charge >= 0.3 is 0 Å². The van der Waals surface area contributed by atoms with Gasteiger partial charge in [-0.25, -0.2) is 4.98 Å². The Kier molecular flexibility index (Phi) is 4.65. The number of amides is 1. The highest BCUT2D eigenvalue weighted by molar-refractivity contribution is 7.11. The van der Waals surface area contributed by atoms with Gasteiger partial charge in [-0.15, -0.1) is 11.3 Å². The van der Waals surface area contributed by atoms with Crippen molar-refractivity contribution in [2.45, 2.75) is 19.9 Å². The van der Waals surface area contributed by atoms with Crippen LogP contribution in [0.25, 0.3) is 0 Å². The molecule has 100 valence electrons. The number of nitrogens with zero attached hydrogens (tertiary/aromatic N) is 1. The Bertz CT molecular complexity index is 549. The van der Waals surface area contributed by atoms with E-state index in [1.165, 1.54) is 11.3 Å². The maximum Gasteiger partial charge on any atom is 0.280 e. The molecule has 0 saturated carbocycles. The average Bonchev–Trinajstić information content (AvgIpc) is 2.85. The lowest BCUT2D eigenvalue weighted by atomic mass is 10.1. The van der Waals surface area contributed by atoms with Crippen LogP contribution in [0.2, 0.25) is 0 Å². The predicted molar refractivity (Wildman–Crippen MR) is 75.3 cm³/mol. The SMILES string of the molecule is Cc1csc(C(=O)NCc2ccc(CCO)cc2)n1. The number of hydrogen-bond acceptors (Lipinski definition) is 4. The molecule has 2 rings (SSSR count). The van der Waals surface area contributed by atoms with E-state index in [4.69, 9.17) is 5.11 Å². The maximum atomic E-state index is 11.8. The minimum absolute atomic E-state index is 0.141. The quantitative estimate of drug-likeness (QED) is 0.877. The third-order valence-electron chi connectivity index (χ3n) is 2.69. The summed E-state index contributed by atoms with van der Waals surface area (Å²) in [5.74, 6) is -0.141. The van der Waals surface area contributed by atoms with Crippen LogP contribution in [-0.2, 0) is 13.0 Å². The van der Waals surface area contributed by atoms with E-state index in [1.54, 1.807) is 0 Å². The number of aromatic nitrogens is 1. The number of thiazole rings is 1. The molecule has 0 unspecified atom stereocenters. The van der Waals surface area contributed by atoms with Crippen LogP contribution in [0, 0.1) is 6.92 Å². The normalized spacial score (nSPS) is 10.4. The van der Waals surface area contributed by atoms with E-state index in [1.807, 2.05) is 36.6 Å². The highest BCUT2D eigenvalue weighted by Gasteiger charge is 2.08. The summed E-state index contributed by atoms with van der Waals surface area (Å²) in [5.41, 5.74) is 2.99. The number of nitrogens with one attached hydrogen (secondary N) is 1. The molecule has 2 N–H and O–H groups in total. The second-order valence-electron chi connectivity index (χ2n) is 4.27. The molecular weight excluding hydrogens is 260 g/mol. The zero-order chi connectivity index (χ0) is 13.7. The molecule has 0 fully saturated rings. The van der Waals surface area contributed by atoms with E-state index in [0.29, 0.717) is 18.0 Å². The van der Waals surface area contributed by atoms with Gasteiger partial charge in [0.2, 0.25) is 0 Å². The summed E-state index contributed by atoms with van der Waals surface area (Å²) in [5, 5.41) is 14.0. The van der Waals surface area contributed by atoms with Gasteiger partial charge in [0.1, 0.15) is 0 Å². The predicted octanol–water partition coefficient (Wildman–Crippen LogP) is 1.92. The molecule has 4 nitrogen and oxygen atoms in total. The Morgan fingerprint density at radius 3 is 2.58 bits per heavy atom. The smallest absolute Gasteiger partial charge is 0.280 e. The zero-order valence-corrected chi connectivity index (χ0v) is 11.5. The zero-order valence-electron chi connectivity index (χ0n) is 10.7. The van der Waals surface area contributed by atoms with Crippen molar-refractivity contribution in [2.24, 2.45) is 0 Å². The van der Waals surface area contributed by atoms with Crippen LogP contribution in [0.15, 0.2) is 29.6 Å². The van der Waals surface area contributed by atoms with Crippen molar-refractivity contribution in [3.63, 3.8) is 0 Å². The van der Waals surface area contributed by atoms with Crippen LogP contribution in [0.5, 0.6) is 0 Å². The number of carbonyl (C=O) groups excluding carboxylic acids is 1. The van der Waals surface area contributed by atoms with E-state index in [2.05, 4.69) is 10.3 Å². The van der Waals surface area contributed by atoms with Gasteiger partial charge in [-0.2, -0.15) is 0 Å². The lowest BCUT2D eigenvalue weighted by Crippen LogP contribution is -2.22. The summed E-state index contributed by atoms with van der Waals surface area (Å²) in [6.07, 6.45) is 0.658. The van der Waals surface area contributed by atoms with Gasteiger partial charge < -0.3 is 10.4 Å². The van der Waals surface area contributed by atoms with Crippen LogP contribution in [-0.4, -0.2) is 22.6 Å². The van der Waals surface area contributed by atoms with E-state index < -0.39 is 0 Å². The molecule has 0 aliphatic carbocycles. The number of aliphatic hydroxyl groups excluding tert-OH is 1. The first-order valence-electron chi connectivity index (χ1n) is 6.08. The molecule has 0 bridgehead atoms. The second-order valence-corrected chi connectivity index (χ2v) is 5.12. The van der Waals surface area contributed by atoms with Gasteiger partial charge in [0, 0.05) is 24.2 Å². The molecule has 0 aliphatic rings. The molecule has 1 heterocycles. The van der Waals surface area contributed by atoms with Gasteiger partial charge in [-0.05, 0) is 24.5 Å². The Morgan fingerprint density at radius 2 is 2.00 bits per heavy atom. The molecule has 1 amide bonds. The summed E-state index contributed by atoms with van der Waals surface area (Å²) >= 11 is 1.35. The van der Waals surface area contributed by atoms with E-state index >= 15 is 0 Å². The monoisotopic (exact) mass is 276 g/mol. The van der Waals surface area contributed by atoms with Gasteiger partial charge in [0.05, 0.1) is 0 Å². The molecular formula is C14H16N2O2S. The first kappa shape index (κ1) is 13.7. The van der Waals surface area contributed by atoms with E-state index in [-0.39, 0.29) is 12.5 Å². The van der Waals surface area contributed by atoms with Crippen molar-refractivity contribution in [2.75, 3.05) is 6.61 Å². The fourth-order valence-electron chi connectivity index (χ4n) is 1.67. The highest BCUT2D eigenvalue weighted by atomic mass is 32.1. The lowest BCUT2D eigenvalue weighted by Gasteiger charge is -2.04. The Balaban J connectivity index is 1.89. The van der Waals surface area contributed by atoms with Crippen LogP contribution >= 0.6 is 11.3 Å². The van der Waals surface area contributed by atoms with Crippen LogP contribution < -0.4 is 5.32 Å². The van der Waals surface area contributed by atoms with E-state index in [0.717, 1.165) is 16.8 Å². The fraction of sp³-hybridized carbons (Fsp3) is 0.286. The lowest BCUT2D eigenvalue weighted by molar-refractivity contribution is 0.0950. The number of benzene rings is 1. The van der Waals surface area contributed by atoms with Crippen molar-refractivity contribution in [3.8, 4) is 0 Å². The number of rotatable bonds is 5. The fourth-order valence-corrected chi connectivity index (χ4v) is 2.38. The molecule has 0 atom stereocenters. The number of carbonyl (C=O) groups is 1. The molecule has 0 radical (unpaired) electrons. The maximum absolute atomic E-state index is 11.8. The summed E-state index contributed by atoms with van der Waals surface area (Å²) < 4.78 is 0. The van der Waals surface area contributed by atoms with Crippen LogP contribution in [0.4, 0.5) is 0 Å². The van der Waals surface area contributed by atoms with Crippen molar-refractivity contribution in [3.05, 3.63) is 51.5 Å². The highest BCUT2D eigenvalue weighted by Crippen LogP contribution is 2.09. The Labute approximate surface area is 116 Å². The summed E-state index contributed by atoms with van der Waals surface area (Å²) in [6, 6.07) is 7.84. The molecule has 5 heteroatoms. The molecule has 0 saturated heterocycles.